The lowest BCUT2D eigenvalue weighted by atomic mass is 9.85. The molecule has 0 radical (unpaired) electrons. The van der Waals surface area contributed by atoms with Crippen molar-refractivity contribution >= 4 is 0 Å². The van der Waals surface area contributed by atoms with Crippen molar-refractivity contribution in [3.8, 4) is 0 Å². The van der Waals surface area contributed by atoms with Crippen LogP contribution in [0.25, 0.3) is 0 Å². The first kappa shape index (κ1) is 14.1. The first-order valence-corrected chi connectivity index (χ1v) is 8.19. The van der Waals surface area contributed by atoms with Crippen LogP contribution in [-0.2, 0) is 0 Å². The summed E-state index contributed by atoms with van der Waals surface area (Å²) in [6, 6.07) is 12.5. The summed E-state index contributed by atoms with van der Waals surface area (Å²) in [4.78, 5) is 2.40. The zero-order valence-electron chi connectivity index (χ0n) is 12.9. The largest absolute Gasteiger partial charge is 0.313 e. The molecule has 2 heteroatoms. The second-order valence-electron chi connectivity index (χ2n) is 6.91. The molecular formula is C18H28N2. The Hall–Kier alpha value is -0.860. The van der Waals surface area contributed by atoms with Crippen molar-refractivity contribution in [2.24, 2.45) is 5.92 Å². The Bertz CT molecular complexity index is 407. The predicted molar refractivity (Wildman–Crippen MR) is 85.0 cm³/mol. The molecule has 2 fully saturated rings. The van der Waals surface area contributed by atoms with Crippen LogP contribution in [0.4, 0.5) is 0 Å². The smallest absolute Gasteiger partial charge is 0.0143 e. The summed E-state index contributed by atoms with van der Waals surface area (Å²) in [6.45, 7) is 1.23. The summed E-state index contributed by atoms with van der Waals surface area (Å²) < 4.78 is 0. The lowest BCUT2D eigenvalue weighted by Gasteiger charge is -2.32. The standard InChI is InChI=1S/C18H28N2/c1-20(2)16-10-8-14(9-11-16)13-19-18-12-17(18)15-6-4-3-5-7-15/h3-7,14,16-19H,8-13H2,1-2H3/t14-,16-,17-,18+/m0/s1. The molecule has 0 heterocycles. The maximum atomic E-state index is 3.81. The number of rotatable bonds is 5. The summed E-state index contributed by atoms with van der Waals surface area (Å²) in [7, 11) is 4.44. The van der Waals surface area contributed by atoms with Gasteiger partial charge in [-0.2, -0.15) is 0 Å². The Morgan fingerprint density at radius 3 is 2.40 bits per heavy atom. The van der Waals surface area contributed by atoms with E-state index in [9.17, 15) is 0 Å². The molecule has 2 atom stereocenters. The van der Waals surface area contributed by atoms with E-state index in [0.717, 1.165) is 23.9 Å². The van der Waals surface area contributed by atoms with Gasteiger partial charge in [-0.05, 0) is 64.2 Å². The molecule has 110 valence electrons. The fourth-order valence-corrected chi connectivity index (χ4v) is 3.67. The van der Waals surface area contributed by atoms with Gasteiger partial charge in [-0.25, -0.2) is 0 Å². The van der Waals surface area contributed by atoms with Gasteiger partial charge in [0.15, 0.2) is 0 Å². The number of benzene rings is 1. The van der Waals surface area contributed by atoms with E-state index in [2.05, 4.69) is 54.6 Å². The van der Waals surface area contributed by atoms with E-state index < -0.39 is 0 Å². The van der Waals surface area contributed by atoms with Gasteiger partial charge in [-0.3, -0.25) is 0 Å². The lowest BCUT2D eigenvalue weighted by Crippen LogP contribution is -2.35. The van der Waals surface area contributed by atoms with Crippen molar-refractivity contribution in [2.75, 3.05) is 20.6 Å². The van der Waals surface area contributed by atoms with E-state index in [1.54, 1.807) is 0 Å². The van der Waals surface area contributed by atoms with E-state index in [1.807, 2.05) is 0 Å². The van der Waals surface area contributed by atoms with Gasteiger partial charge in [0.05, 0.1) is 0 Å². The molecule has 0 aliphatic heterocycles. The first-order chi connectivity index (χ1) is 9.74. The summed E-state index contributed by atoms with van der Waals surface area (Å²) in [5, 5.41) is 3.81. The van der Waals surface area contributed by atoms with E-state index in [0.29, 0.717) is 0 Å². The highest BCUT2D eigenvalue weighted by Crippen LogP contribution is 2.40. The molecule has 0 aromatic heterocycles. The normalized spacial score (nSPS) is 33.4. The second-order valence-corrected chi connectivity index (χ2v) is 6.91. The fraction of sp³-hybridized carbons (Fsp3) is 0.667. The van der Waals surface area contributed by atoms with Gasteiger partial charge < -0.3 is 10.2 Å². The molecule has 2 saturated carbocycles. The third kappa shape index (κ3) is 3.42. The van der Waals surface area contributed by atoms with Gasteiger partial charge in [-0.15, -0.1) is 0 Å². The highest BCUT2D eigenvalue weighted by Gasteiger charge is 2.38. The second kappa shape index (κ2) is 6.28. The molecule has 3 rings (SSSR count). The maximum Gasteiger partial charge on any atom is 0.0143 e. The van der Waals surface area contributed by atoms with Crippen molar-refractivity contribution in [2.45, 2.75) is 50.1 Å². The van der Waals surface area contributed by atoms with Crippen LogP contribution in [0.3, 0.4) is 0 Å². The summed E-state index contributed by atoms with van der Waals surface area (Å²) in [6.07, 6.45) is 6.90. The third-order valence-corrected chi connectivity index (χ3v) is 5.23. The highest BCUT2D eigenvalue weighted by atomic mass is 15.1. The van der Waals surface area contributed by atoms with Gasteiger partial charge in [-0.1, -0.05) is 30.3 Å². The van der Waals surface area contributed by atoms with E-state index in [-0.39, 0.29) is 0 Å². The van der Waals surface area contributed by atoms with E-state index in [1.165, 1.54) is 44.2 Å². The number of hydrogen-bond donors (Lipinski definition) is 1. The average Bonchev–Trinajstić information content (AvgIpc) is 3.26. The van der Waals surface area contributed by atoms with E-state index in [4.69, 9.17) is 0 Å². The van der Waals surface area contributed by atoms with Crippen LogP contribution < -0.4 is 5.32 Å². The molecule has 0 saturated heterocycles. The van der Waals surface area contributed by atoms with Crippen molar-refractivity contribution < 1.29 is 0 Å². The SMILES string of the molecule is CN(C)[C@H]1CC[C@H](CN[C@@H]2C[C@H]2c2ccccc2)CC1. The van der Waals surface area contributed by atoms with Crippen molar-refractivity contribution in [1.29, 1.82) is 0 Å². The van der Waals surface area contributed by atoms with Crippen LogP contribution in [0.5, 0.6) is 0 Å². The Morgan fingerprint density at radius 2 is 1.75 bits per heavy atom. The van der Waals surface area contributed by atoms with Gasteiger partial charge in [0.25, 0.3) is 0 Å². The summed E-state index contributed by atoms with van der Waals surface area (Å²) in [5.74, 6) is 1.68. The molecular weight excluding hydrogens is 244 g/mol. The average molecular weight is 272 g/mol. The van der Waals surface area contributed by atoms with Crippen LogP contribution in [0.2, 0.25) is 0 Å². The Labute approximate surface area is 123 Å². The zero-order valence-corrected chi connectivity index (χ0v) is 12.9. The van der Waals surface area contributed by atoms with E-state index >= 15 is 0 Å². The number of nitrogens with one attached hydrogen (secondary N) is 1. The van der Waals surface area contributed by atoms with Crippen LogP contribution in [0.1, 0.15) is 43.6 Å². The van der Waals surface area contributed by atoms with Crippen molar-refractivity contribution in [3.63, 3.8) is 0 Å². The summed E-state index contributed by atoms with van der Waals surface area (Å²) in [5.41, 5.74) is 1.52. The zero-order chi connectivity index (χ0) is 13.9. The molecule has 0 bridgehead atoms. The summed E-state index contributed by atoms with van der Waals surface area (Å²) >= 11 is 0. The van der Waals surface area contributed by atoms with Gasteiger partial charge in [0, 0.05) is 18.0 Å². The monoisotopic (exact) mass is 272 g/mol. The Kier molecular flexibility index (Phi) is 4.42. The lowest BCUT2D eigenvalue weighted by molar-refractivity contribution is 0.191. The Balaban J connectivity index is 1.38. The van der Waals surface area contributed by atoms with Crippen molar-refractivity contribution in [1.82, 2.24) is 10.2 Å². The van der Waals surface area contributed by atoms with Crippen molar-refractivity contribution in [3.05, 3.63) is 35.9 Å². The number of nitrogens with zero attached hydrogens (tertiary/aromatic N) is 1. The molecule has 20 heavy (non-hydrogen) atoms. The molecule has 0 spiro atoms. The minimum atomic E-state index is 0.740. The molecule has 2 aliphatic carbocycles. The predicted octanol–water partition coefficient (Wildman–Crippen LogP) is 3.25. The maximum absolute atomic E-state index is 3.81. The number of hydrogen-bond acceptors (Lipinski definition) is 2. The molecule has 2 nitrogen and oxygen atoms in total. The molecule has 1 aromatic rings. The molecule has 0 unspecified atom stereocenters. The van der Waals surface area contributed by atoms with Gasteiger partial charge in [0.1, 0.15) is 0 Å². The van der Waals surface area contributed by atoms with Gasteiger partial charge in [0.2, 0.25) is 0 Å². The van der Waals surface area contributed by atoms with Crippen LogP contribution in [0, 0.1) is 5.92 Å². The highest BCUT2D eigenvalue weighted by molar-refractivity contribution is 5.27. The third-order valence-electron chi connectivity index (χ3n) is 5.23. The molecule has 1 N–H and O–H groups in total. The minimum Gasteiger partial charge on any atom is -0.313 e. The Morgan fingerprint density at radius 1 is 1.05 bits per heavy atom. The minimum absolute atomic E-state index is 0.740. The first-order valence-electron chi connectivity index (χ1n) is 8.19. The molecule has 1 aromatic carbocycles. The van der Waals surface area contributed by atoms with Crippen LogP contribution >= 0.6 is 0 Å². The quantitative estimate of drug-likeness (QED) is 0.885. The van der Waals surface area contributed by atoms with Crippen LogP contribution in [-0.4, -0.2) is 37.6 Å². The molecule has 0 amide bonds. The topological polar surface area (TPSA) is 15.3 Å². The molecule has 2 aliphatic rings. The van der Waals surface area contributed by atoms with Gasteiger partial charge >= 0.3 is 0 Å². The van der Waals surface area contributed by atoms with Crippen LogP contribution in [0.15, 0.2) is 30.3 Å². The fourth-order valence-electron chi connectivity index (χ4n) is 3.67.